The molecular weight excluding hydrogens is 217 g/mol. The van der Waals surface area contributed by atoms with Crippen LogP contribution in [0.15, 0.2) is 0 Å². The van der Waals surface area contributed by atoms with Crippen molar-refractivity contribution in [3.05, 3.63) is 0 Å². The van der Waals surface area contributed by atoms with E-state index in [-0.39, 0.29) is 18.7 Å². The Morgan fingerprint density at radius 3 is 2.33 bits per heavy atom. The predicted molar refractivity (Wildman–Crippen MR) is 57.8 cm³/mol. The Labute approximate surface area is 90.3 Å². The molecule has 1 heterocycles. The van der Waals surface area contributed by atoms with Crippen LogP contribution in [0.1, 0.15) is 19.3 Å². The lowest BCUT2D eigenvalue weighted by Gasteiger charge is -2.31. The number of aliphatic hydroxyl groups is 1. The van der Waals surface area contributed by atoms with Crippen LogP contribution in [-0.2, 0) is 4.57 Å². The van der Waals surface area contributed by atoms with Crippen LogP contribution in [0.25, 0.3) is 0 Å². The molecule has 3 N–H and O–H groups in total. The van der Waals surface area contributed by atoms with Crippen LogP contribution < -0.4 is 0 Å². The van der Waals surface area contributed by atoms with Gasteiger partial charge in [-0.3, -0.25) is 4.57 Å². The van der Waals surface area contributed by atoms with Crippen molar-refractivity contribution < 1.29 is 19.5 Å². The minimum absolute atomic E-state index is 0.0286. The zero-order valence-corrected chi connectivity index (χ0v) is 9.77. The Bertz CT molecular complexity index is 222. The van der Waals surface area contributed by atoms with Crippen molar-refractivity contribution in [2.45, 2.75) is 19.3 Å². The molecule has 0 bridgehead atoms. The first-order valence-electron chi connectivity index (χ1n) is 5.39. The van der Waals surface area contributed by atoms with Crippen molar-refractivity contribution in [3.8, 4) is 0 Å². The monoisotopic (exact) mass is 237 g/mol. The molecule has 1 fully saturated rings. The molecule has 1 rings (SSSR count). The minimum Gasteiger partial charge on any atom is -0.396 e. The molecule has 0 aromatic rings. The predicted octanol–water partition coefficient (Wildman–Crippen LogP) is 0.259. The van der Waals surface area contributed by atoms with E-state index in [2.05, 4.69) is 4.90 Å². The third-order valence-electron chi connectivity index (χ3n) is 2.84. The molecule has 0 aliphatic carbocycles. The fraction of sp³-hybridized carbons (Fsp3) is 1.00. The molecule has 0 saturated carbocycles. The highest BCUT2D eigenvalue weighted by Crippen LogP contribution is 2.39. The maximum Gasteiger partial charge on any atom is 0.325 e. The van der Waals surface area contributed by atoms with Gasteiger partial charge in [0.25, 0.3) is 0 Å². The summed E-state index contributed by atoms with van der Waals surface area (Å²) in [6.07, 6.45) is 2.52. The Hall–Kier alpha value is 0.0700. The second-order valence-corrected chi connectivity index (χ2v) is 5.90. The zero-order chi connectivity index (χ0) is 11.3. The van der Waals surface area contributed by atoms with Gasteiger partial charge in [-0.05, 0) is 38.3 Å². The lowest BCUT2D eigenvalue weighted by Crippen LogP contribution is -2.35. The van der Waals surface area contributed by atoms with Crippen LogP contribution in [0, 0.1) is 5.92 Å². The molecule has 1 saturated heterocycles. The lowest BCUT2D eigenvalue weighted by molar-refractivity contribution is 0.172. The fourth-order valence-electron chi connectivity index (χ4n) is 2.02. The second-order valence-electron chi connectivity index (χ2n) is 4.21. The van der Waals surface area contributed by atoms with Gasteiger partial charge in [-0.1, -0.05) is 0 Å². The fourth-order valence-corrected chi connectivity index (χ4v) is 3.06. The summed E-state index contributed by atoms with van der Waals surface area (Å²) in [7, 11) is -3.83. The Balaban J connectivity index is 2.21. The number of piperidine rings is 1. The highest BCUT2D eigenvalue weighted by atomic mass is 31.2. The highest BCUT2D eigenvalue weighted by molar-refractivity contribution is 7.51. The molecule has 1 aliphatic rings. The number of rotatable bonds is 5. The first kappa shape index (κ1) is 13.1. The van der Waals surface area contributed by atoms with Crippen LogP contribution in [0.2, 0.25) is 0 Å². The summed E-state index contributed by atoms with van der Waals surface area (Å²) in [5, 5.41) is 8.67. The number of nitrogens with zero attached hydrogens (tertiary/aromatic N) is 1. The van der Waals surface area contributed by atoms with Crippen molar-refractivity contribution in [1.29, 1.82) is 0 Å². The summed E-state index contributed by atoms with van der Waals surface area (Å²) in [4.78, 5) is 19.9. The average Bonchev–Trinajstić information content (AvgIpc) is 2.14. The molecule has 6 heteroatoms. The Morgan fingerprint density at radius 1 is 1.27 bits per heavy atom. The number of aliphatic hydroxyl groups excluding tert-OH is 1. The van der Waals surface area contributed by atoms with Gasteiger partial charge in [-0.25, -0.2) is 0 Å². The number of hydrogen-bond acceptors (Lipinski definition) is 3. The van der Waals surface area contributed by atoms with E-state index in [0.29, 0.717) is 0 Å². The van der Waals surface area contributed by atoms with Gasteiger partial charge < -0.3 is 19.8 Å². The molecule has 15 heavy (non-hydrogen) atoms. The van der Waals surface area contributed by atoms with E-state index >= 15 is 0 Å². The molecule has 0 spiro atoms. The maximum atomic E-state index is 10.8. The normalized spacial score (nSPS) is 20.7. The molecule has 0 unspecified atom stereocenters. The summed E-state index contributed by atoms with van der Waals surface area (Å²) >= 11 is 0. The van der Waals surface area contributed by atoms with Crippen LogP contribution in [0.5, 0.6) is 0 Å². The molecule has 0 aromatic carbocycles. The van der Waals surface area contributed by atoms with Crippen molar-refractivity contribution in [2.75, 3.05) is 32.4 Å². The molecule has 0 amide bonds. The maximum absolute atomic E-state index is 10.8. The summed E-state index contributed by atoms with van der Waals surface area (Å²) < 4.78 is 10.8. The first-order chi connectivity index (χ1) is 7.01. The lowest BCUT2D eigenvalue weighted by atomic mass is 9.99. The van der Waals surface area contributed by atoms with E-state index in [0.717, 1.165) is 38.9 Å². The smallest absolute Gasteiger partial charge is 0.325 e. The van der Waals surface area contributed by atoms with Crippen LogP contribution in [0.4, 0.5) is 0 Å². The largest absolute Gasteiger partial charge is 0.396 e. The van der Waals surface area contributed by atoms with Gasteiger partial charge >= 0.3 is 7.60 Å². The SMILES string of the molecule is O=P(O)(O)CC1CCN(CCCO)CC1. The van der Waals surface area contributed by atoms with E-state index in [1.165, 1.54) is 0 Å². The third-order valence-corrected chi connectivity index (χ3v) is 3.83. The van der Waals surface area contributed by atoms with E-state index in [1.54, 1.807) is 0 Å². The Kier molecular flexibility index (Phi) is 5.23. The summed E-state index contributed by atoms with van der Waals surface area (Å²) in [6, 6.07) is 0. The topological polar surface area (TPSA) is 81.0 Å². The quantitative estimate of drug-likeness (QED) is 0.597. The average molecular weight is 237 g/mol. The van der Waals surface area contributed by atoms with Gasteiger partial charge in [0.05, 0.1) is 6.16 Å². The molecule has 1 aliphatic heterocycles. The minimum atomic E-state index is -3.83. The van der Waals surface area contributed by atoms with Gasteiger partial charge in [0.1, 0.15) is 0 Å². The van der Waals surface area contributed by atoms with E-state index in [9.17, 15) is 4.57 Å². The zero-order valence-electron chi connectivity index (χ0n) is 8.88. The highest BCUT2D eigenvalue weighted by Gasteiger charge is 2.25. The van der Waals surface area contributed by atoms with Gasteiger partial charge in [-0.2, -0.15) is 0 Å². The summed E-state index contributed by atoms with van der Waals surface area (Å²) in [5.41, 5.74) is 0. The molecule has 0 radical (unpaired) electrons. The van der Waals surface area contributed by atoms with Crippen molar-refractivity contribution in [2.24, 2.45) is 5.92 Å². The van der Waals surface area contributed by atoms with Crippen LogP contribution in [-0.4, -0.2) is 52.2 Å². The van der Waals surface area contributed by atoms with E-state index < -0.39 is 7.60 Å². The van der Waals surface area contributed by atoms with Crippen LogP contribution in [0.3, 0.4) is 0 Å². The standard InChI is InChI=1S/C9H20NO4P/c11-7-1-4-10-5-2-9(3-6-10)8-15(12,13)14/h9,11H,1-8H2,(H2,12,13,14). The molecule has 0 aromatic heterocycles. The van der Waals surface area contributed by atoms with Crippen LogP contribution >= 0.6 is 7.60 Å². The second kappa shape index (κ2) is 5.97. The Morgan fingerprint density at radius 2 is 1.87 bits per heavy atom. The van der Waals surface area contributed by atoms with Gasteiger partial charge in [-0.15, -0.1) is 0 Å². The van der Waals surface area contributed by atoms with Crippen molar-refractivity contribution in [1.82, 2.24) is 4.90 Å². The number of hydrogen-bond donors (Lipinski definition) is 3. The summed E-state index contributed by atoms with van der Waals surface area (Å²) in [5.74, 6) is 0.163. The van der Waals surface area contributed by atoms with Crippen molar-refractivity contribution >= 4 is 7.60 Å². The van der Waals surface area contributed by atoms with E-state index in [1.807, 2.05) is 0 Å². The molecule has 90 valence electrons. The molecule has 5 nitrogen and oxygen atoms in total. The first-order valence-corrected chi connectivity index (χ1v) is 7.19. The molecule has 0 atom stereocenters. The third kappa shape index (κ3) is 5.64. The summed E-state index contributed by atoms with van der Waals surface area (Å²) in [6.45, 7) is 2.89. The van der Waals surface area contributed by atoms with Gasteiger partial charge in [0.2, 0.25) is 0 Å². The molecular formula is C9H20NO4P. The van der Waals surface area contributed by atoms with Gasteiger partial charge in [0.15, 0.2) is 0 Å². The van der Waals surface area contributed by atoms with Crippen molar-refractivity contribution in [3.63, 3.8) is 0 Å². The van der Waals surface area contributed by atoms with Gasteiger partial charge in [0, 0.05) is 13.2 Å². The number of likely N-dealkylation sites (tertiary alicyclic amines) is 1. The van der Waals surface area contributed by atoms with E-state index in [4.69, 9.17) is 14.9 Å².